The molecule has 2 atom stereocenters. The first-order chi connectivity index (χ1) is 18.4. The lowest BCUT2D eigenvalue weighted by molar-refractivity contribution is 0.0146. The van der Waals surface area contributed by atoms with Gasteiger partial charge in [0, 0.05) is 23.7 Å². The zero-order valence-corrected chi connectivity index (χ0v) is 23.1. The average Bonchev–Trinajstić information content (AvgIpc) is 3.37. The fraction of sp³-hybridized carbons (Fsp3) is 0.424. The minimum atomic E-state index is -0.261. The first kappa shape index (κ1) is 26.3. The number of carbonyl (C=O) groups excluding carboxylic acids is 1. The molecule has 0 saturated carbocycles. The SMILES string of the molecule is Cc1c(C)c2c(c(C)c1OCc1ccccc1)CCC(C)(CN1CCCC1COc1cccc(C=O)c1)O2. The maximum absolute atomic E-state index is 11.1. The van der Waals surface area contributed by atoms with Crippen molar-refractivity contribution in [2.75, 3.05) is 19.7 Å². The molecule has 5 nitrogen and oxygen atoms in total. The van der Waals surface area contributed by atoms with Crippen molar-refractivity contribution in [3.63, 3.8) is 0 Å². The van der Waals surface area contributed by atoms with Gasteiger partial charge in [0.1, 0.15) is 42.3 Å². The van der Waals surface area contributed by atoms with Gasteiger partial charge in [-0.1, -0.05) is 42.5 Å². The fourth-order valence-corrected chi connectivity index (χ4v) is 5.93. The van der Waals surface area contributed by atoms with E-state index in [2.05, 4.69) is 44.7 Å². The molecule has 2 unspecified atom stereocenters. The molecular weight excluding hydrogens is 474 g/mol. The number of aldehydes is 1. The quantitative estimate of drug-likeness (QED) is 0.301. The van der Waals surface area contributed by atoms with E-state index in [1.54, 1.807) is 12.1 Å². The summed E-state index contributed by atoms with van der Waals surface area (Å²) in [5.74, 6) is 2.79. The molecule has 0 bridgehead atoms. The van der Waals surface area contributed by atoms with E-state index >= 15 is 0 Å². The number of hydrogen-bond donors (Lipinski definition) is 0. The van der Waals surface area contributed by atoms with Gasteiger partial charge in [-0.05, 0) is 94.3 Å². The molecule has 3 aromatic rings. The molecule has 2 aliphatic heterocycles. The van der Waals surface area contributed by atoms with Crippen molar-refractivity contribution in [3.8, 4) is 17.2 Å². The Morgan fingerprint density at radius 2 is 1.84 bits per heavy atom. The molecule has 5 rings (SSSR count). The van der Waals surface area contributed by atoms with Crippen LogP contribution in [0, 0.1) is 20.8 Å². The Balaban J connectivity index is 1.27. The van der Waals surface area contributed by atoms with Crippen molar-refractivity contribution in [3.05, 3.63) is 88.0 Å². The summed E-state index contributed by atoms with van der Waals surface area (Å²) in [7, 11) is 0. The summed E-state index contributed by atoms with van der Waals surface area (Å²) in [6.45, 7) is 11.8. The predicted octanol–water partition coefficient (Wildman–Crippen LogP) is 6.63. The van der Waals surface area contributed by atoms with Gasteiger partial charge in [-0.25, -0.2) is 0 Å². The topological polar surface area (TPSA) is 48.0 Å². The number of rotatable bonds is 9. The van der Waals surface area contributed by atoms with E-state index in [4.69, 9.17) is 14.2 Å². The molecule has 5 heteroatoms. The molecule has 0 N–H and O–H groups in total. The molecule has 3 aromatic carbocycles. The normalized spacial score (nSPS) is 21.0. The van der Waals surface area contributed by atoms with Gasteiger partial charge in [0.25, 0.3) is 0 Å². The van der Waals surface area contributed by atoms with Crippen LogP contribution < -0.4 is 14.2 Å². The number of ether oxygens (including phenoxy) is 3. The van der Waals surface area contributed by atoms with Gasteiger partial charge in [-0.2, -0.15) is 0 Å². The summed E-state index contributed by atoms with van der Waals surface area (Å²) in [4.78, 5) is 13.6. The predicted molar refractivity (Wildman–Crippen MR) is 151 cm³/mol. The largest absolute Gasteiger partial charge is 0.492 e. The molecule has 1 fully saturated rings. The monoisotopic (exact) mass is 513 g/mol. The van der Waals surface area contributed by atoms with Gasteiger partial charge >= 0.3 is 0 Å². The van der Waals surface area contributed by atoms with Crippen LogP contribution >= 0.6 is 0 Å². The minimum Gasteiger partial charge on any atom is -0.492 e. The average molecular weight is 514 g/mol. The van der Waals surface area contributed by atoms with Crippen molar-refractivity contribution >= 4 is 6.29 Å². The summed E-state index contributed by atoms with van der Waals surface area (Å²) in [6.07, 6.45) is 5.08. The van der Waals surface area contributed by atoms with Crippen molar-refractivity contribution in [1.29, 1.82) is 0 Å². The second kappa shape index (κ2) is 11.2. The van der Waals surface area contributed by atoms with Crippen molar-refractivity contribution in [2.45, 2.75) is 71.6 Å². The highest BCUT2D eigenvalue weighted by molar-refractivity contribution is 5.75. The summed E-state index contributed by atoms with van der Waals surface area (Å²) in [5.41, 5.74) is 6.37. The van der Waals surface area contributed by atoms with Gasteiger partial charge in [-0.15, -0.1) is 0 Å². The standard InChI is InChI=1S/C33H39NO4/c1-23-24(2)32-30(25(3)31(23)37-20-26-10-6-5-7-11-26)15-16-33(4,38-32)22-34-17-9-13-28(34)21-36-29-14-8-12-27(18-29)19-35/h5-8,10-12,14,18-19,28H,9,13,15-17,20-22H2,1-4H3. The van der Waals surface area contributed by atoms with E-state index in [0.717, 1.165) is 67.9 Å². The highest BCUT2D eigenvalue weighted by Crippen LogP contribution is 2.44. The van der Waals surface area contributed by atoms with Crippen LogP contribution in [0.15, 0.2) is 54.6 Å². The van der Waals surface area contributed by atoms with E-state index in [1.165, 1.54) is 22.3 Å². The molecule has 0 spiro atoms. The van der Waals surface area contributed by atoms with Crippen LogP contribution in [0.2, 0.25) is 0 Å². The zero-order chi connectivity index (χ0) is 26.7. The van der Waals surface area contributed by atoms with Gasteiger partial charge < -0.3 is 14.2 Å². The lowest BCUT2D eigenvalue weighted by atomic mass is 9.86. The van der Waals surface area contributed by atoms with Crippen LogP contribution in [-0.2, 0) is 13.0 Å². The van der Waals surface area contributed by atoms with Crippen molar-refractivity contribution in [1.82, 2.24) is 4.90 Å². The number of carbonyl (C=O) groups is 1. The van der Waals surface area contributed by atoms with Gasteiger partial charge in [0.05, 0.1) is 0 Å². The van der Waals surface area contributed by atoms with Crippen LogP contribution in [0.25, 0.3) is 0 Å². The van der Waals surface area contributed by atoms with Gasteiger partial charge in [-0.3, -0.25) is 9.69 Å². The maximum atomic E-state index is 11.1. The summed E-state index contributed by atoms with van der Waals surface area (Å²) in [5, 5.41) is 0. The lowest BCUT2D eigenvalue weighted by Gasteiger charge is -2.41. The summed E-state index contributed by atoms with van der Waals surface area (Å²) < 4.78 is 19.3. The second-order valence-electron chi connectivity index (χ2n) is 11.1. The Morgan fingerprint density at radius 3 is 2.63 bits per heavy atom. The molecule has 0 amide bonds. The first-order valence-corrected chi connectivity index (χ1v) is 13.8. The van der Waals surface area contributed by atoms with Crippen molar-refractivity contribution in [2.24, 2.45) is 0 Å². The Morgan fingerprint density at radius 1 is 1.03 bits per heavy atom. The van der Waals surface area contributed by atoms with E-state index < -0.39 is 0 Å². The zero-order valence-electron chi connectivity index (χ0n) is 23.1. The molecule has 38 heavy (non-hydrogen) atoms. The van der Waals surface area contributed by atoms with Crippen LogP contribution in [0.1, 0.15) is 64.4 Å². The third kappa shape index (κ3) is 5.58. The third-order valence-electron chi connectivity index (χ3n) is 8.26. The van der Waals surface area contributed by atoms with Gasteiger partial charge in [0.15, 0.2) is 0 Å². The molecule has 1 saturated heterocycles. The van der Waals surface area contributed by atoms with Crippen LogP contribution in [0.4, 0.5) is 0 Å². The van der Waals surface area contributed by atoms with Crippen molar-refractivity contribution < 1.29 is 19.0 Å². The molecule has 2 aliphatic rings. The number of hydrogen-bond acceptors (Lipinski definition) is 5. The highest BCUT2D eigenvalue weighted by atomic mass is 16.5. The molecule has 0 radical (unpaired) electrons. The van der Waals surface area contributed by atoms with Crippen LogP contribution in [-0.4, -0.2) is 42.5 Å². The van der Waals surface area contributed by atoms with E-state index in [1.807, 2.05) is 30.3 Å². The Labute approximate surface area is 226 Å². The van der Waals surface area contributed by atoms with E-state index in [9.17, 15) is 4.79 Å². The highest BCUT2D eigenvalue weighted by Gasteiger charge is 2.39. The third-order valence-corrected chi connectivity index (χ3v) is 8.26. The van der Waals surface area contributed by atoms with E-state index in [-0.39, 0.29) is 5.60 Å². The Bertz CT molecular complexity index is 1290. The fourth-order valence-electron chi connectivity index (χ4n) is 5.93. The van der Waals surface area contributed by atoms with Gasteiger partial charge in [0.2, 0.25) is 0 Å². The molecular formula is C33H39NO4. The van der Waals surface area contributed by atoms with Crippen LogP contribution in [0.5, 0.6) is 17.2 Å². The maximum Gasteiger partial charge on any atom is 0.150 e. The number of nitrogens with zero attached hydrogens (tertiary/aromatic N) is 1. The summed E-state index contributed by atoms with van der Waals surface area (Å²) >= 11 is 0. The Kier molecular flexibility index (Phi) is 7.75. The molecule has 200 valence electrons. The number of benzene rings is 3. The lowest BCUT2D eigenvalue weighted by Crippen LogP contribution is -2.50. The summed E-state index contributed by atoms with van der Waals surface area (Å²) in [6, 6.07) is 18.1. The molecule has 2 heterocycles. The first-order valence-electron chi connectivity index (χ1n) is 13.8. The Hall–Kier alpha value is -3.31. The second-order valence-corrected chi connectivity index (χ2v) is 11.1. The molecule has 0 aromatic heterocycles. The van der Waals surface area contributed by atoms with Crippen LogP contribution in [0.3, 0.4) is 0 Å². The number of likely N-dealkylation sites (tertiary alicyclic amines) is 1. The smallest absolute Gasteiger partial charge is 0.150 e. The molecule has 0 aliphatic carbocycles. The van der Waals surface area contributed by atoms with E-state index in [0.29, 0.717) is 24.8 Å². The minimum absolute atomic E-state index is 0.261. The number of fused-ring (bicyclic) bond motifs is 1.